The fourth-order valence-electron chi connectivity index (χ4n) is 2.11. The third kappa shape index (κ3) is 2.99. The number of fused-ring (bicyclic) bond motifs is 1. The Morgan fingerprint density at radius 1 is 1.23 bits per heavy atom. The summed E-state index contributed by atoms with van der Waals surface area (Å²) in [5.74, 6) is 0.234. The molecule has 0 atom stereocenters. The van der Waals surface area contributed by atoms with Crippen molar-refractivity contribution < 1.29 is 5.11 Å². The van der Waals surface area contributed by atoms with Crippen LogP contribution in [0.1, 0.15) is 11.1 Å². The highest BCUT2D eigenvalue weighted by atomic mass is 32.1. The number of thiazole rings is 1. The van der Waals surface area contributed by atoms with Crippen molar-refractivity contribution in [2.45, 2.75) is 6.42 Å². The highest BCUT2D eigenvalue weighted by Gasteiger charge is 2.04. The summed E-state index contributed by atoms with van der Waals surface area (Å²) in [4.78, 5) is 4.43. The number of phenols is 1. The minimum atomic E-state index is 0.234. The van der Waals surface area contributed by atoms with Gasteiger partial charge in [-0.25, -0.2) is 4.98 Å². The first kappa shape index (κ1) is 14.3. The first-order valence-electron chi connectivity index (χ1n) is 6.84. The van der Waals surface area contributed by atoms with Crippen molar-refractivity contribution in [3.05, 3.63) is 66.2 Å². The predicted molar refractivity (Wildman–Crippen MR) is 92.8 cm³/mol. The Labute approximate surface area is 132 Å². The highest BCUT2D eigenvalue weighted by Crippen LogP contribution is 2.25. The van der Waals surface area contributed by atoms with E-state index in [-0.39, 0.29) is 5.75 Å². The average Bonchev–Trinajstić information content (AvgIpc) is 2.94. The number of nitrogens with one attached hydrogen (secondary N) is 1. The molecule has 0 spiro atoms. The Bertz CT molecular complexity index is 806. The van der Waals surface area contributed by atoms with E-state index in [9.17, 15) is 5.11 Å². The summed E-state index contributed by atoms with van der Waals surface area (Å²) in [6.45, 7) is 3.69. The van der Waals surface area contributed by atoms with Crippen LogP contribution in [-0.2, 0) is 6.42 Å². The molecule has 0 unspecified atom stereocenters. The SMILES string of the molecule is C=CCc1cccc(/C=N/Nc2nc3ccccc3s2)c1O. The molecular weight excluding hydrogens is 294 g/mol. The first-order chi connectivity index (χ1) is 10.8. The molecule has 2 N–H and O–H groups in total. The second-order valence-corrected chi connectivity index (χ2v) is 5.74. The Balaban J connectivity index is 1.77. The Morgan fingerprint density at radius 3 is 2.91 bits per heavy atom. The molecule has 0 amide bonds. The number of nitrogens with zero attached hydrogens (tertiary/aromatic N) is 2. The number of phenolic OH excluding ortho intramolecular Hbond substituents is 1. The van der Waals surface area contributed by atoms with Crippen molar-refractivity contribution in [1.82, 2.24) is 4.98 Å². The van der Waals surface area contributed by atoms with Gasteiger partial charge in [-0.1, -0.05) is 41.7 Å². The Hall–Kier alpha value is -2.66. The van der Waals surface area contributed by atoms with E-state index >= 15 is 0 Å². The fourth-order valence-corrected chi connectivity index (χ4v) is 2.93. The number of anilines is 1. The molecule has 0 aliphatic heterocycles. The summed E-state index contributed by atoms with van der Waals surface area (Å²) in [7, 11) is 0. The van der Waals surface area contributed by atoms with Crippen molar-refractivity contribution in [3.63, 3.8) is 0 Å². The van der Waals surface area contributed by atoms with Gasteiger partial charge in [-0.15, -0.1) is 6.58 Å². The molecule has 3 rings (SSSR count). The second kappa shape index (κ2) is 6.41. The van der Waals surface area contributed by atoms with Crippen LogP contribution in [0.25, 0.3) is 10.2 Å². The summed E-state index contributed by atoms with van der Waals surface area (Å²) >= 11 is 1.54. The van der Waals surface area contributed by atoms with Crippen molar-refractivity contribution in [2.24, 2.45) is 5.10 Å². The van der Waals surface area contributed by atoms with Gasteiger partial charge in [0.1, 0.15) is 5.75 Å². The largest absolute Gasteiger partial charge is 0.507 e. The molecule has 1 aromatic heterocycles. The summed E-state index contributed by atoms with van der Waals surface area (Å²) < 4.78 is 1.11. The summed E-state index contributed by atoms with van der Waals surface area (Å²) in [6.07, 6.45) is 3.97. The molecule has 0 aliphatic carbocycles. The minimum Gasteiger partial charge on any atom is -0.507 e. The van der Waals surface area contributed by atoms with Crippen LogP contribution in [0.4, 0.5) is 5.13 Å². The van der Waals surface area contributed by atoms with Crippen LogP contribution >= 0.6 is 11.3 Å². The van der Waals surface area contributed by atoms with Crippen LogP contribution in [0.5, 0.6) is 5.75 Å². The van der Waals surface area contributed by atoms with Gasteiger partial charge in [0.15, 0.2) is 0 Å². The number of benzene rings is 2. The molecule has 1 heterocycles. The van der Waals surface area contributed by atoms with Crippen LogP contribution in [0.15, 0.2) is 60.2 Å². The van der Waals surface area contributed by atoms with Gasteiger partial charge in [-0.3, -0.25) is 5.43 Å². The van der Waals surface area contributed by atoms with Crippen molar-refractivity contribution in [3.8, 4) is 5.75 Å². The van der Waals surface area contributed by atoms with Gasteiger partial charge >= 0.3 is 0 Å². The van der Waals surface area contributed by atoms with Crippen LogP contribution in [0.3, 0.4) is 0 Å². The third-order valence-corrected chi connectivity index (χ3v) is 4.11. The van der Waals surface area contributed by atoms with Gasteiger partial charge < -0.3 is 5.11 Å². The number of hydrogen-bond donors (Lipinski definition) is 2. The van der Waals surface area contributed by atoms with Crippen LogP contribution in [0, 0.1) is 0 Å². The molecular formula is C17H15N3OS. The molecule has 0 radical (unpaired) electrons. The van der Waals surface area contributed by atoms with E-state index < -0.39 is 0 Å². The molecule has 0 saturated heterocycles. The third-order valence-electron chi connectivity index (χ3n) is 3.17. The molecule has 2 aromatic carbocycles. The fraction of sp³-hybridized carbons (Fsp3) is 0.0588. The molecule has 0 aliphatic rings. The maximum atomic E-state index is 10.2. The molecule has 3 aromatic rings. The number of rotatable bonds is 5. The minimum absolute atomic E-state index is 0.234. The Kier molecular flexibility index (Phi) is 4.16. The highest BCUT2D eigenvalue weighted by molar-refractivity contribution is 7.22. The number of allylic oxidation sites excluding steroid dienone is 1. The van der Waals surface area contributed by atoms with Crippen molar-refractivity contribution in [1.29, 1.82) is 0 Å². The molecule has 110 valence electrons. The van der Waals surface area contributed by atoms with E-state index in [2.05, 4.69) is 22.1 Å². The zero-order valence-electron chi connectivity index (χ0n) is 11.9. The van der Waals surface area contributed by atoms with Gasteiger partial charge in [0, 0.05) is 5.56 Å². The summed E-state index contributed by atoms with van der Waals surface area (Å²) in [5.41, 5.74) is 5.34. The maximum absolute atomic E-state index is 10.2. The molecule has 4 nitrogen and oxygen atoms in total. The van der Waals surface area contributed by atoms with E-state index in [4.69, 9.17) is 0 Å². The van der Waals surface area contributed by atoms with Gasteiger partial charge in [-0.05, 0) is 30.2 Å². The van der Waals surface area contributed by atoms with Gasteiger partial charge in [-0.2, -0.15) is 5.10 Å². The second-order valence-electron chi connectivity index (χ2n) is 4.70. The number of aromatic hydroxyl groups is 1. The monoisotopic (exact) mass is 309 g/mol. The lowest BCUT2D eigenvalue weighted by Crippen LogP contribution is -1.92. The van der Waals surface area contributed by atoms with Crippen molar-refractivity contribution >= 4 is 32.9 Å². The summed E-state index contributed by atoms with van der Waals surface area (Å²) in [5, 5.41) is 15.0. The number of aromatic nitrogens is 1. The zero-order chi connectivity index (χ0) is 15.4. The van der Waals surface area contributed by atoms with E-state index in [1.54, 1.807) is 12.3 Å². The quantitative estimate of drug-likeness (QED) is 0.422. The topological polar surface area (TPSA) is 57.5 Å². The zero-order valence-corrected chi connectivity index (χ0v) is 12.7. The number of hydrazone groups is 1. The molecule has 0 bridgehead atoms. The lowest BCUT2D eigenvalue weighted by Gasteiger charge is -2.04. The van der Waals surface area contributed by atoms with Gasteiger partial charge in [0.05, 0.1) is 16.4 Å². The Morgan fingerprint density at radius 2 is 2.09 bits per heavy atom. The van der Waals surface area contributed by atoms with E-state index in [1.165, 1.54) is 11.3 Å². The van der Waals surface area contributed by atoms with E-state index in [0.29, 0.717) is 12.0 Å². The summed E-state index contributed by atoms with van der Waals surface area (Å²) in [6, 6.07) is 13.5. The predicted octanol–water partition coefficient (Wildman–Crippen LogP) is 4.18. The lowest BCUT2D eigenvalue weighted by atomic mass is 10.1. The smallest absolute Gasteiger partial charge is 0.204 e. The standard InChI is InChI=1S/C17H15N3OS/c1-2-6-12-7-5-8-13(16(12)21)11-18-20-17-19-14-9-3-4-10-15(14)22-17/h2-5,7-11,21H,1,6H2,(H,19,20)/b18-11+. The first-order valence-corrected chi connectivity index (χ1v) is 7.66. The van der Waals surface area contributed by atoms with Gasteiger partial charge in [0.25, 0.3) is 0 Å². The van der Waals surface area contributed by atoms with Crippen LogP contribution < -0.4 is 5.43 Å². The van der Waals surface area contributed by atoms with Gasteiger partial charge in [0.2, 0.25) is 5.13 Å². The maximum Gasteiger partial charge on any atom is 0.204 e. The molecule has 0 saturated carbocycles. The molecule has 22 heavy (non-hydrogen) atoms. The molecule has 5 heteroatoms. The number of hydrogen-bond acceptors (Lipinski definition) is 5. The molecule has 0 fully saturated rings. The van der Waals surface area contributed by atoms with Crippen LogP contribution in [-0.4, -0.2) is 16.3 Å². The van der Waals surface area contributed by atoms with E-state index in [0.717, 1.165) is 20.9 Å². The van der Waals surface area contributed by atoms with E-state index in [1.807, 2.05) is 42.5 Å². The van der Waals surface area contributed by atoms with Crippen molar-refractivity contribution in [2.75, 3.05) is 5.43 Å². The number of para-hydroxylation sites is 2. The lowest BCUT2D eigenvalue weighted by molar-refractivity contribution is 0.469. The normalized spacial score (nSPS) is 11.1. The van der Waals surface area contributed by atoms with Crippen LogP contribution in [0.2, 0.25) is 0 Å². The average molecular weight is 309 g/mol.